The first-order valence-corrected chi connectivity index (χ1v) is 6.28. The normalized spacial score (nSPS) is 20.2. The van der Waals surface area contributed by atoms with Crippen LogP contribution in [0.5, 0.6) is 11.5 Å². The van der Waals surface area contributed by atoms with Gasteiger partial charge in [-0.15, -0.1) is 0 Å². The molecule has 3 nitrogen and oxygen atoms in total. The second kappa shape index (κ2) is 5.41. The van der Waals surface area contributed by atoms with Crippen LogP contribution in [-0.4, -0.2) is 25.3 Å². The van der Waals surface area contributed by atoms with Crippen molar-refractivity contribution in [2.24, 2.45) is 5.92 Å². The molecule has 1 heterocycles. The van der Waals surface area contributed by atoms with E-state index in [9.17, 15) is 5.11 Å². The maximum absolute atomic E-state index is 9.86. The van der Waals surface area contributed by atoms with Gasteiger partial charge in [-0.1, -0.05) is 6.07 Å². The number of aryl methyl sites for hydroxylation is 1. The molecule has 1 aromatic carbocycles. The van der Waals surface area contributed by atoms with Crippen molar-refractivity contribution in [3.05, 3.63) is 23.3 Å². The highest BCUT2D eigenvalue weighted by atomic mass is 16.5. The maximum atomic E-state index is 9.86. The summed E-state index contributed by atoms with van der Waals surface area (Å²) in [7, 11) is 1.59. The Morgan fingerprint density at radius 1 is 1.47 bits per heavy atom. The standard InChI is InChI=1S/C14H21NO2/c1-10-6-12(8-13(16)14(10)17-2)7-11-4-3-5-15-9-11/h6,8,11,15-16H,3-5,7,9H2,1-2H3. The van der Waals surface area contributed by atoms with E-state index in [4.69, 9.17) is 4.74 Å². The molecule has 1 unspecified atom stereocenters. The van der Waals surface area contributed by atoms with Crippen LogP contribution in [-0.2, 0) is 6.42 Å². The summed E-state index contributed by atoms with van der Waals surface area (Å²) in [5.41, 5.74) is 2.21. The number of phenolic OH excluding ortho intramolecular Hbond substituents is 1. The molecule has 0 aromatic heterocycles. The summed E-state index contributed by atoms with van der Waals surface area (Å²) < 4.78 is 5.16. The van der Waals surface area contributed by atoms with Crippen molar-refractivity contribution >= 4 is 0 Å². The lowest BCUT2D eigenvalue weighted by molar-refractivity contribution is 0.365. The lowest BCUT2D eigenvalue weighted by atomic mass is 9.91. The molecule has 3 heteroatoms. The highest BCUT2D eigenvalue weighted by Crippen LogP contribution is 2.32. The Morgan fingerprint density at radius 2 is 2.29 bits per heavy atom. The predicted octanol–water partition coefficient (Wildman–Crippen LogP) is 2.25. The minimum atomic E-state index is 0.256. The van der Waals surface area contributed by atoms with Gasteiger partial charge in [0.25, 0.3) is 0 Å². The number of rotatable bonds is 3. The number of nitrogens with one attached hydrogen (secondary N) is 1. The third-order valence-corrected chi connectivity index (χ3v) is 3.44. The molecule has 1 fully saturated rings. The number of piperidine rings is 1. The van der Waals surface area contributed by atoms with Crippen molar-refractivity contribution < 1.29 is 9.84 Å². The first kappa shape index (κ1) is 12.2. The zero-order valence-corrected chi connectivity index (χ0v) is 10.6. The van der Waals surface area contributed by atoms with Crippen molar-refractivity contribution in [2.45, 2.75) is 26.2 Å². The number of aromatic hydroxyl groups is 1. The summed E-state index contributed by atoms with van der Waals surface area (Å²) in [6, 6.07) is 3.95. The predicted molar refractivity (Wildman–Crippen MR) is 68.7 cm³/mol. The fourth-order valence-electron chi connectivity index (χ4n) is 2.64. The van der Waals surface area contributed by atoms with Gasteiger partial charge < -0.3 is 15.2 Å². The Bertz CT molecular complexity index is 361. The molecule has 1 aliphatic heterocycles. The van der Waals surface area contributed by atoms with Crippen LogP contribution >= 0.6 is 0 Å². The third kappa shape index (κ3) is 2.91. The number of ether oxygens (including phenoxy) is 1. The van der Waals surface area contributed by atoms with Crippen LogP contribution in [0.15, 0.2) is 12.1 Å². The van der Waals surface area contributed by atoms with Crippen LogP contribution < -0.4 is 10.1 Å². The first-order chi connectivity index (χ1) is 8.20. The largest absolute Gasteiger partial charge is 0.504 e. The van der Waals surface area contributed by atoms with Crippen molar-refractivity contribution in [3.63, 3.8) is 0 Å². The van der Waals surface area contributed by atoms with Crippen molar-refractivity contribution in [3.8, 4) is 11.5 Å². The number of benzene rings is 1. The van der Waals surface area contributed by atoms with Crippen LogP contribution in [0.2, 0.25) is 0 Å². The number of methoxy groups -OCH3 is 1. The smallest absolute Gasteiger partial charge is 0.163 e. The molecule has 0 bridgehead atoms. The Morgan fingerprint density at radius 3 is 2.88 bits per heavy atom. The van der Waals surface area contributed by atoms with Gasteiger partial charge in [-0.2, -0.15) is 0 Å². The monoisotopic (exact) mass is 235 g/mol. The van der Waals surface area contributed by atoms with E-state index in [0.717, 1.165) is 25.1 Å². The lowest BCUT2D eigenvalue weighted by Gasteiger charge is -2.23. The minimum absolute atomic E-state index is 0.256. The molecule has 0 spiro atoms. The van der Waals surface area contributed by atoms with Gasteiger partial charge >= 0.3 is 0 Å². The summed E-state index contributed by atoms with van der Waals surface area (Å²) in [5, 5.41) is 13.3. The highest BCUT2D eigenvalue weighted by molar-refractivity contribution is 5.48. The Balaban J connectivity index is 2.10. The van der Waals surface area contributed by atoms with E-state index < -0.39 is 0 Å². The molecule has 2 rings (SSSR count). The molecule has 1 aliphatic rings. The molecule has 2 N–H and O–H groups in total. The second-order valence-corrected chi connectivity index (χ2v) is 4.88. The first-order valence-electron chi connectivity index (χ1n) is 6.28. The molecule has 0 amide bonds. The quantitative estimate of drug-likeness (QED) is 0.844. The Hall–Kier alpha value is -1.22. The number of phenols is 1. The van der Waals surface area contributed by atoms with Crippen LogP contribution in [0.25, 0.3) is 0 Å². The fourth-order valence-corrected chi connectivity index (χ4v) is 2.64. The van der Waals surface area contributed by atoms with Crippen molar-refractivity contribution in [1.29, 1.82) is 0 Å². The topological polar surface area (TPSA) is 41.5 Å². The van der Waals surface area contributed by atoms with Gasteiger partial charge in [0.15, 0.2) is 11.5 Å². The van der Waals surface area contributed by atoms with Gasteiger partial charge in [0, 0.05) is 0 Å². The minimum Gasteiger partial charge on any atom is -0.504 e. The molecule has 1 saturated heterocycles. The van der Waals surface area contributed by atoms with E-state index in [1.807, 2.05) is 13.0 Å². The molecule has 0 aliphatic carbocycles. The van der Waals surface area contributed by atoms with Gasteiger partial charge in [0.05, 0.1) is 7.11 Å². The molecule has 1 atom stereocenters. The third-order valence-electron chi connectivity index (χ3n) is 3.44. The summed E-state index contributed by atoms with van der Waals surface area (Å²) in [6.07, 6.45) is 3.57. The van der Waals surface area contributed by atoms with Crippen LogP contribution in [0.4, 0.5) is 0 Å². The fraction of sp³-hybridized carbons (Fsp3) is 0.571. The van der Waals surface area contributed by atoms with Crippen LogP contribution in [0.3, 0.4) is 0 Å². The number of hydrogen-bond donors (Lipinski definition) is 2. The molecule has 94 valence electrons. The zero-order valence-electron chi connectivity index (χ0n) is 10.6. The van der Waals surface area contributed by atoms with E-state index >= 15 is 0 Å². The second-order valence-electron chi connectivity index (χ2n) is 4.88. The van der Waals surface area contributed by atoms with E-state index in [-0.39, 0.29) is 5.75 Å². The zero-order chi connectivity index (χ0) is 12.3. The van der Waals surface area contributed by atoms with Crippen LogP contribution in [0, 0.1) is 12.8 Å². The molecule has 0 radical (unpaired) electrons. The van der Waals surface area contributed by atoms with E-state index in [0.29, 0.717) is 11.7 Å². The molecule has 17 heavy (non-hydrogen) atoms. The number of hydrogen-bond acceptors (Lipinski definition) is 3. The van der Waals surface area contributed by atoms with E-state index in [1.165, 1.54) is 18.4 Å². The van der Waals surface area contributed by atoms with E-state index in [1.54, 1.807) is 7.11 Å². The Kier molecular flexibility index (Phi) is 3.89. The lowest BCUT2D eigenvalue weighted by Crippen LogP contribution is -2.30. The van der Waals surface area contributed by atoms with Gasteiger partial charge in [-0.25, -0.2) is 0 Å². The summed E-state index contributed by atoms with van der Waals surface area (Å²) in [5.74, 6) is 1.54. The average molecular weight is 235 g/mol. The highest BCUT2D eigenvalue weighted by Gasteiger charge is 2.15. The van der Waals surface area contributed by atoms with Gasteiger partial charge in [-0.05, 0) is 62.4 Å². The van der Waals surface area contributed by atoms with Gasteiger partial charge in [0.1, 0.15) is 0 Å². The van der Waals surface area contributed by atoms with Gasteiger partial charge in [-0.3, -0.25) is 0 Å². The summed E-state index contributed by atoms with van der Waals surface area (Å²) in [6.45, 7) is 4.20. The van der Waals surface area contributed by atoms with Crippen molar-refractivity contribution in [1.82, 2.24) is 5.32 Å². The molecule has 1 aromatic rings. The Labute approximate surface area is 103 Å². The SMILES string of the molecule is COc1c(C)cc(CC2CCCNC2)cc1O. The van der Waals surface area contributed by atoms with Crippen molar-refractivity contribution in [2.75, 3.05) is 20.2 Å². The van der Waals surface area contributed by atoms with Gasteiger partial charge in [0.2, 0.25) is 0 Å². The molecular formula is C14H21NO2. The van der Waals surface area contributed by atoms with E-state index in [2.05, 4.69) is 11.4 Å². The average Bonchev–Trinajstić information content (AvgIpc) is 2.30. The molecular weight excluding hydrogens is 214 g/mol. The molecule has 0 saturated carbocycles. The summed E-state index contributed by atoms with van der Waals surface area (Å²) >= 11 is 0. The maximum Gasteiger partial charge on any atom is 0.163 e. The van der Waals surface area contributed by atoms with Crippen LogP contribution in [0.1, 0.15) is 24.0 Å². The summed E-state index contributed by atoms with van der Waals surface area (Å²) in [4.78, 5) is 0.